The molecule has 1 aliphatic rings. The highest BCUT2D eigenvalue weighted by molar-refractivity contribution is 7.10. The van der Waals surface area contributed by atoms with Gasteiger partial charge in [-0.05, 0) is 18.9 Å². The van der Waals surface area contributed by atoms with E-state index >= 15 is 0 Å². The minimum atomic E-state index is 0.296. The van der Waals surface area contributed by atoms with Crippen molar-refractivity contribution in [3.05, 3.63) is 5.69 Å². The van der Waals surface area contributed by atoms with Crippen LogP contribution in [0.15, 0.2) is 0 Å². The first-order valence-corrected chi connectivity index (χ1v) is 5.93. The Morgan fingerprint density at radius 1 is 1.67 bits per heavy atom. The van der Waals surface area contributed by atoms with Gasteiger partial charge >= 0.3 is 0 Å². The van der Waals surface area contributed by atoms with Gasteiger partial charge in [0.15, 0.2) is 0 Å². The average Bonchev–Trinajstić information content (AvgIpc) is 2.87. The van der Waals surface area contributed by atoms with Crippen molar-refractivity contribution in [1.29, 1.82) is 0 Å². The number of hydrogen-bond donors (Lipinski definition) is 2. The van der Waals surface area contributed by atoms with Crippen molar-refractivity contribution in [1.82, 2.24) is 14.5 Å². The quantitative estimate of drug-likeness (QED) is 0.781. The van der Waals surface area contributed by atoms with Crippen LogP contribution in [-0.2, 0) is 6.54 Å². The van der Waals surface area contributed by atoms with Crippen molar-refractivity contribution in [2.24, 2.45) is 5.92 Å². The first kappa shape index (κ1) is 10.8. The lowest BCUT2D eigenvalue weighted by molar-refractivity contribution is 0.219. The molecule has 0 spiro atoms. The summed E-state index contributed by atoms with van der Waals surface area (Å²) in [6.45, 7) is 3.15. The Morgan fingerprint density at radius 3 is 3.20 bits per heavy atom. The van der Waals surface area contributed by atoms with Crippen molar-refractivity contribution < 1.29 is 5.11 Å². The second-order valence-electron chi connectivity index (χ2n) is 3.87. The molecule has 2 heterocycles. The number of hydrogen-bond acceptors (Lipinski definition) is 6. The van der Waals surface area contributed by atoms with Gasteiger partial charge in [0.25, 0.3) is 0 Å². The summed E-state index contributed by atoms with van der Waals surface area (Å²) in [4.78, 5) is 2.32. The number of aliphatic hydroxyl groups excluding tert-OH is 1. The highest BCUT2D eigenvalue weighted by Gasteiger charge is 2.23. The van der Waals surface area contributed by atoms with Gasteiger partial charge in [-0.15, -0.1) is 5.10 Å². The minimum Gasteiger partial charge on any atom is -0.396 e. The van der Waals surface area contributed by atoms with Crippen LogP contribution in [0.25, 0.3) is 0 Å². The number of likely N-dealkylation sites (tertiary alicyclic amines) is 1. The molecule has 1 aliphatic heterocycles. The monoisotopic (exact) mass is 228 g/mol. The molecule has 1 saturated heterocycles. The molecule has 0 saturated carbocycles. The number of aromatic nitrogens is 2. The lowest BCUT2D eigenvalue weighted by Gasteiger charge is -2.14. The molecule has 0 radical (unpaired) electrons. The van der Waals surface area contributed by atoms with Gasteiger partial charge < -0.3 is 10.4 Å². The van der Waals surface area contributed by atoms with Crippen LogP contribution < -0.4 is 5.32 Å². The average molecular weight is 228 g/mol. The smallest absolute Gasteiger partial charge is 0.134 e. The molecule has 1 aromatic rings. The first-order valence-electron chi connectivity index (χ1n) is 5.15. The van der Waals surface area contributed by atoms with E-state index in [2.05, 4.69) is 19.8 Å². The maximum absolute atomic E-state index is 9.05. The fraction of sp³-hybridized carbons (Fsp3) is 0.778. The normalized spacial score (nSPS) is 22.1. The Kier molecular flexibility index (Phi) is 3.50. The SMILES string of the molecule is CNc1snnc1CN1CCC(CO)C1. The highest BCUT2D eigenvalue weighted by Crippen LogP contribution is 2.22. The number of anilines is 1. The van der Waals surface area contributed by atoms with Gasteiger partial charge in [0.2, 0.25) is 0 Å². The predicted octanol–water partition coefficient (Wildman–Crippen LogP) is 0.394. The van der Waals surface area contributed by atoms with E-state index < -0.39 is 0 Å². The third-order valence-electron chi connectivity index (χ3n) is 2.78. The summed E-state index contributed by atoms with van der Waals surface area (Å²) in [7, 11) is 1.89. The molecule has 15 heavy (non-hydrogen) atoms. The second-order valence-corrected chi connectivity index (χ2v) is 4.63. The Bertz CT molecular complexity index is 317. The fourth-order valence-corrected chi connectivity index (χ4v) is 2.44. The number of nitrogens with one attached hydrogen (secondary N) is 1. The summed E-state index contributed by atoms with van der Waals surface area (Å²) in [6, 6.07) is 0. The van der Waals surface area contributed by atoms with Crippen molar-refractivity contribution in [3.8, 4) is 0 Å². The fourth-order valence-electron chi connectivity index (χ4n) is 1.92. The zero-order valence-corrected chi connectivity index (χ0v) is 9.63. The second kappa shape index (κ2) is 4.87. The molecular weight excluding hydrogens is 212 g/mol. The summed E-state index contributed by atoms with van der Waals surface area (Å²) in [5, 5.41) is 17.3. The van der Waals surface area contributed by atoms with E-state index in [1.165, 1.54) is 11.5 Å². The summed E-state index contributed by atoms with van der Waals surface area (Å²) < 4.78 is 3.93. The minimum absolute atomic E-state index is 0.296. The Balaban J connectivity index is 1.92. The van der Waals surface area contributed by atoms with Gasteiger partial charge in [-0.3, -0.25) is 4.90 Å². The highest BCUT2D eigenvalue weighted by atomic mass is 32.1. The Morgan fingerprint density at radius 2 is 2.53 bits per heavy atom. The van der Waals surface area contributed by atoms with Crippen LogP contribution in [-0.4, -0.2) is 46.3 Å². The molecule has 0 aromatic carbocycles. The summed E-state index contributed by atoms with van der Waals surface area (Å²) in [6.07, 6.45) is 1.09. The standard InChI is InChI=1S/C9H16N4OS/c1-10-9-8(11-12-15-9)5-13-3-2-7(4-13)6-14/h7,10,14H,2-6H2,1H3. The van der Waals surface area contributed by atoms with Gasteiger partial charge in [-0.1, -0.05) is 4.49 Å². The maximum Gasteiger partial charge on any atom is 0.134 e. The molecule has 5 nitrogen and oxygen atoms in total. The first-order chi connectivity index (χ1) is 7.33. The molecule has 2 rings (SSSR count). The zero-order chi connectivity index (χ0) is 10.7. The van der Waals surface area contributed by atoms with E-state index in [1.807, 2.05) is 7.05 Å². The van der Waals surface area contributed by atoms with E-state index in [-0.39, 0.29) is 0 Å². The number of aliphatic hydroxyl groups is 1. The largest absolute Gasteiger partial charge is 0.396 e. The molecular formula is C9H16N4OS. The lowest BCUT2D eigenvalue weighted by Crippen LogP contribution is -2.21. The maximum atomic E-state index is 9.05. The van der Waals surface area contributed by atoms with Gasteiger partial charge in [0.05, 0.1) is 0 Å². The molecule has 0 aliphatic carbocycles. The lowest BCUT2D eigenvalue weighted by atomic mass is 10.1. The van der Waals surface area contributed by atoms with Crippen LogP contribution in [0.2, 0.25) is 0 Å². The van der Waals surface area contributed by atoms with Crippen molar-refractivity contribution in [3.63, 3.8) is 0 Å². The van der Waals surface area contributed by atoms with E-state index in [9.17, 15) is 0 Å². The summed E-state index contributed by atoms with van der Waals surface area (Å²) >= 11 is 1.39. The van der Waals surface area contributed by atoms with Crippen molar-refractivity contribution in [2.45, 2.75) is 13.0 Å². The van der Waals surface area contributed by atoms with Crippen LogP contribution in [0.3, 0.4) is 0 Å². The van der Waals surface area contributed by atoms with Crippen LogP contribution in [0, 0.1) is 5.92 Å². The number of rotatable bonds is 4. The Hall–Kier alpha value is -0.720. The van der Waals surface area contributed by atoms with E-state index in [0.29, 0.717) is 12.5 Å². The van der Waals surface area contributed by atoms with Crippen LogP contribution in [0.4, 0.5) is 5.00 Å². The molecule has 84 valence electrons. The molecule has 0 amide bonds. The summed E-state index contributed by atoms with van der Waals surface area (Å²) in [5.74, 6) is 0.439. The van der Waals surface area contributed by atoms with Gasteiger partial charge in [-0.25, -0.2) is 0 Å². The van der Waals surface area contributed by atoms with Crippen molar-refractivity contribution >= 4 is 16.5 Å². The number of nitrogens with zero attached hydrogens (tertiary/aromatic N) is 3. The third-order valence-corrected chi connectivity index (χ3v) is 3.57. The summed E-state index contributed by atoms with van der Waals surface area (Å²) in [5.41, 5.74) is 1.01. The Labute approximate surface area is 93.3 Å². The molecule has 1 atom stereocenters. The molecule has 0 bridgehead atoms. The third kappa shape index (κ3) is 2.45. The zero-order valence-electron chi connectivity index (χ0n) is 8.81. The topological polar surface area (TPSA) is 61.3 Å². The van der Waals surface area contributed by atoms with E-state index in [4.69, 9.17) is 5.11 Å². The molecule has 1 fully saturated rings. The van der Waals surface area contributed by atoms with Gasteiger partial charge in [-0.2, -0.15) is 0 Å². The molecule has 1 unspecified atom stereocenters. The predicted molar refractivity (Wildman–Crippen MR) is 59.9 cm³/mol. The van der Waals surface area contributed by atoms with Crippen LogP contribution >= 0.6 is 11.5 Å². The molecule has 1 aromatic heterocycles. The van der Waals surface area contributed by atoms with E-state index in [1.54, 1.807) is 0 Å². The van der Waals surface area contributed by atoms with Gasteiger partial charge in [0.1, 0.15) is 10.7 Å². The van der Waals surface area contributed by atoms with Crippen LogP contribution in [0.1, 0.15) is 12.1 Å². The van der Waals surface area contributed by atoms with E-state index in [0.717, 1.165) is 36.8 Å². The van der Waals surface area contributed by atoms with Crippen LogP contribution in [0.5, 0.6) is 0 Å². The van der Waals surface area contributed by atoms with Gasteiger partial charge in [0, 0.05) is 38.3 Å². The molecule has 2 N–H and O–H groups in total. The molecule has 6 heteroatoms. The van der Waals surface area contributed by atoms with Crippen molar-refractivity contribution in [2.75, 3.05) is 32.1 Å².